The van der Waals surface area contributed by atoms with E-state index in [9.17, 15) is 14.9 Å². The molecule has 186 valence electrons. The molecule has 0 aliphatic carbocycles. The van der Waals surface area contributed by atoms with Gasteiger partial charge in [0.05, 0.1) is 21.6 Å². The van der Waals surface area contributed by atoms with Gasteiger partial charge in [-0.2, -0.15) is 0 Å². The average Bonchev–Trinajstić information content (AvgIpc) is 3.46. The number of methoxy groups -OCH3 is 1. The van der Waals surface area contributed by atoms with Crippen LogP contribution in [0.4, 0.5) is 10.8 Å². The fourth-order valence-corrected chi connectivity index (χ4v) is 5.89. The first-order valence-corrected chi connectivity index (χ1v) is 12.7. The van der Waals surface area contributed by atoms with Crippen molar-refractivity contribution in [3.63, 3.8) is 0 Å². The number of non-ortho nitro benzene ring substituents is 1. The van der Waals surface area contributed by atoms with Crippen molar-refractivity contribution in [3.05, 3.63) is 57.0 Å². The first kappa shape index (κ1) is 26.8. The predicted octanol–water partition coefficient (Wildman–Crippen LogP) is 6.15. The number of anilines is 1. The molecule has 0 saturated carbocycles. The fraction of sp³-hybridized carbons (Fsp3) is 0.333. The van der Waals surface area contributed by atoms with Crippen molar-refractivity contribution >= 4 is 72.1 Å². The van der Waals surface area contributed by atoms with Crippen molar-refractivity contribution < 1.29 is 14.5 Å². The smallest absolute Gasteiger partial charge is 0.270 e. The molecule has 0 radical (unpaired) electrons. The SMILES string of the molecule is CCN(CC)CCN(C(=O)c1cc2cc([N+](=O)[O-])ccc2s1)c1nc2c(OC)ccc(C)c2s1.Cl. The number of hydrogen-bond acceptors (Lipinski definition) is 8. The fourth-order valence-electron chi connectivity index (χ4n) is 3.83. The minimum atomic E-state index is -0.425. The molecule has 2 heterocycles. The second-order valence-corrected chi connectivity index (χ2v) is 9.89. The van der Waals surface area contributed by atoms with E-state index in [1.165, 1.54) is 34.8 Å². The summed E-state index contributed by atoms with van der Waals surface area (Å²) in [4.78, 5) is 33.8. The number of carbonyl (C=O) groups is 1. The summed E-state index contributed by atoms with van der Waals surface area (Å²) in [6.07, 6.45) is 0. The maximum Gasteiger partial charge on any atom is 0.270 e. The van der Waals surface area contributed by atoms with Crippen LogP contribution in [0.2, 0.25) is 0 Å². The van der Waals surface area contributed by atoms with Crippen LogP contribution in [0.3, 0.4) is 0 Å². The first-order chi connectivity index (χ1) is 16.4. The largest absolute Gasteiger partial charge is 0.494 e. The Bertz CT molecular complexity index is 1370. The number of aryl methyl sites for hydroxylation is 1. The van der Waals surface area contributed by atoms with Gasteiger partial charge in [-0.25, -0.2) is 4.98 Å². The average molecular weight is 535 g/mol. The molecule has 0 aliphatic rings. The number of rotatable bonds is 9. The highest BCUT2D eigenvalue weighted by atomic mass is 35.5. The third-order valence-corrected chi connectivity index (χ3v) is 8.16. The zero-order valence-corrected chi connectivity index (χ0v) is 22.4. The zero-order valence-electron chi connectivity index (χ0n) is 19.9. The van der Waals surface area contributed by atoms with E-state index in [0.717, 1.165) is 33.6 Å². The molecule has 0 unspecified atom stereocenters. The van der Waals surface area contributed by atoms with E-state index >= 15 is 0 Å². The van der Waals surface area contributed by atoms with Crippen molar-refractivity contribution in [2.75, 3.05) is 38.2 Å². The highest BCUT2D eigenvalue weighted by Gasteiger charge is 2.25. The van der Waals surface area contributed by atoms with Crippen molar-refractivity contribution in [1.82, 2.24) is 9.88 Å². The molecule has 8 nitrogen and oxygen atoms in total. The summed E-state index contributed by atoms with van der Waals surface area (Å²) in [5.74, 6) is 0.514. The van der Waals surface area contributed by atoms with E-state index in [-0.39, 0.29) is 24.0 Å². The lowest BCUT2D eigenvalue weighted by molar-refractivity contribution is -0.384. The lowest BCUT2D eigenvalue weighted by atomic mass is 10.2. The van der Waals surface area contributed by atoms with Gasteiger partial charge in [0.15, 0.2) is 5.13 Å². The Hall–Kier alpha value is -2.79. The minimum absolute atomic E-state index is 0. The molecule has 0 saturated heterocycles. The molecule has 4 rings (SSSR count). The normalized spacial score (nSPS) is 11.1. The molecule has 0 N–H and O–H groups in total. The Kier molecular flexibility index (Phi) is 8.65. The highest BCUT2D eigenvalue weighted by molar-refractivity contribution is 7.23. The van der Waals surface area contributed by atoms with Gasteiger partial charge in [-0.05, 0) is 43.8 Å². The summed E-state index contributed by atoms with van der Waals surface area (Å²) in [5, 5.41) is 12.5. The third kappa shape index (κ3) is 5.40. The number of nitrogens with zero attached hydrogens (tertiary/aromatic N) is 4. The van der Waals surface area contributed by atoms with Gasteiger partial charge in [-0.3, -0.25) is 19.8 Å². The molecule has 11 heteroatoms. The number of nitro benzene ring substituents is 1. The van der Waals surface area contributed by atoms with Crippen molar-refractivity contribution in [3.8, 4) is 5.75 Å². The minimum Gasteiger partial charge on any atom is -0.494 e. The van der Waals surface area contributed by atoms with E-state index in [4.69, 9.17) is 9.72 Å². The third-order valence-electron chi connectivity index (χ3n) is 5.84. The molecular weight excluding hydrogens is 508 g/mol. The number of nitro groups is 1. The van der Waals surface area contributed by atoms with Crippen LogP contribution in [-0.2, 0) is 0 Å². The van der Waals surface area contributed by atoms with Crippen LogP contribution >= 0.6 is 35.1 Å². The number of thiophene rings is 1. The Morgan fingerprint density at radius 1 is 1.11 bits per heavy atom. The van der Waals surface area contributed by atoms with E-state index in [0.29, 0.717) is 34.2 Å². The molecule has 4 aromatic rings. The number of hydrogen-bond donors (Lipinski definition) is 0. The maximum atomic E-state index is 13.8. The summed E-state index contributed by atoms with van der Waals surface area (Å²) in [5.41, 5.74) is 1.83. The van der Waals surface area contributed by atoms with E-state index < -0.39 is 4.92 Å². The number of ether oxygens (including phenoxy) is 1. The van der Waals surface area contributed by atoms with Crippen LogP contribution < -0.4 is 9.64 Å². The number of carbonyl (C=O) groups excluding carboxylic acids is 1. The Morgan fingerprint density at radius 2 is 1.86 bits per heavy atom. The van der Waals surface area contributed by atoms with Crippen LogP contribution in [0, 0.1) is 17.0 Å². The topological polar surface area (TPSA) is 88.8 Å². The molecular formula is C24H27ClN4O4S2. The van der Waals surface area contributed by atoms with Gasteiger partial charge in [0.1, 0.15) is 11.3 Å². The number of amides is 1. The molecule has 0 bridgehead atoms. The highest BCUT2D eigenvalue weighted by Crippen LogP contribution is 2.38. The zero-order chi connectivity index (χ0) is 24.4. The molecule has 0 fully saturated rings. The van der Waals surface area contributed by atoms with Gasteiger partial charge in [-0.15, -0.1) is 23.7 Å². The number of likely N-dealkylation sites (N-methyl/N-ethyl adjacent to an activating group) is 1. The Morgan fingerprint density at radius 3 is 2.51 bits per heavy atom. The molecule has 0 atom stereocenters. The molecule has 2 aromatic heterocycles. The lowest BCUT2D eigenvalue weighted by Gasteiger charge is -2.24. The Balaban J connectivity index is 0.00000342. The van der Waals surface area contributed by atoms with Crippen LogP contribution in [0.15, 0.2) is 36.4 Å². The maximum absolute atomic E-state index is 13.8. The Labute approximate surface area is 217 Å². The van der Waals surface area contributed by atoms with Crippen LogP contribution in [0.5, 0.6) is 5.75 Å². The van der Waals surface area contributed by atoms with E-state index in [1.807, 2.05) is 19.1 Å². The monoisotopic (exact) mass is 534 g/mol. The van der Waals surface area contributed by atoms with Crippen LogP contribution in [0.1, 0.15) is 29.1 Å². The van der Waals surface area contributed by atoms with Crippen LogP contribution in [-0.4, -0.2) is 54.0 Å². The molecule has 1 amide bonds. The number of thiazole rings is 1. The standard InChI is InChI=1S/C24H26N4O4S2.ClH/c1-5-26(6-2)11-12-27(24-25-21-18(32-4)9-7-15(3)22(21)34-24)23(29)20-14-16-13-17(28(30)31)8-10-19(16)33-20;/h7-10,13-14H,5-6,11-12H2,1-4H3;1H. The summed E-state index contributed by atoms with van der Waals surface area (Å²) < 4.78 is 7.32. The molecule has 0 spiro atoms. The van der Waals surface area contributed by atoms with Gasteiger partial charge in [0, 0.05) is 35.3 Å². The van der Waals surface area contributed by atoms with Gasteiger partial charge in [0.2, 0.25) is 0 Å². The summed E-state index contributed by atoms with van der Waals surface area (Å²) in [6, 6.07) is 10.3. The van der Waals surface area contributed by atoms with Crippen molar-refractivity contribution in [2.24, 2.45) is 0 Å². The predicted molar refractivity (Wildman–Crippen MR) is 146 cm³/mol. The van der Waals surface area contributed by atoms with Gasteiger partial charge >= 0.3 is 0 Å². The number of halogens is 1. The van der Waals surface area contributed by atoms with Crippen molar-refractivity contribution in [1.29, 1.82) is 0 Å². The second-order valence-electron chi connectivity index (χ2n) is 7.83. The van der Waals surface area contributed by atoms with Gasteiger partial charge in [-0.1, -0.05) is 31.3 Å². The van der Waals surface area contributed by atoms with Gasteiger partial charge < -0.3 is 9.64 Å². The molecule has 35 heavy (non-hydrogen) atoms. The first-order valence-electron chi connectivity index (χ1n) is 11.0. The summed E-state index contributed by atoms with van der Waals surface area (Å²) in [6.45, 7) is 9.18. The lowest BCUT2D eigenvalue weighted by Crippen LogP contribution is -2.38. The van der Waals surface area contributed by atoms with Crippen LogP contribution in [0.25, 0.3) is 20.3 Å². The second kappa shape index (κ2) is 11.3. The van der Waals surface area contributed by atoms with E-state index in [1.54, 1.807) is 24.1 Å². The van der Waals surface area contributed by atoms with Gasteiger partial charge in [0.25, 0.3) is 11.6 Å². The number of aromatic nitrogens is 1. The van der Waals surface area contributed by atoms with Crippen molar-refractivity contribution in [2.45, 2.75) is 20.8 Å². The van der Waals surface area contributed by atoms with E-state index in [2.05, 4.69) is 18.7 Å². The number of fused-ring (bicyclic) bond motifs is 2. The number of benzene rings is 2. The summed E-state index contributed by atoms with van der Waals surface area (Å²) >= 11 is 2.81. The summed E-state index contributed by atoms with van der Waals surface area (Å²) in [7, 11) is 1.61. The molecule has 2 aromatic carbocycles. The molecule has 0 aliphatic heterocycles. The quantitative estimate of drug-likeness (QED) is 0.189.